The summed E-state index contributed by atoms with van der Waals surface area (Å²) in [5.41, 5.74) is 2.20. The Morgan fingerprint density at radius 3 is 2.60 bits per heavy atom. The van der Waals surface area contributed by atoms with Crippen LogP contribution in [0, 0.1) is 12.7 Å². The number of carbonyl (C=O) groups excluding carboxylic acids is 1. The second-order valence-electron chi connectivity index (χ2n) is 5.74. The molecule has 0 spiro atoms. The molecule has 5 heteroatoms. The van der Waals surface area contributed by atoms with E-state index >= 15 is 0 Å². The Morgan fingerprint density at radius 2 is 1.92 bits per heavy atom. The molecule has 0 aliphatic carbocycles. The molecule has 0 aliphatic heterocycles. The van der Waals surface area contributed by atoms with Gasteiger partial charge in [0, 0.05) is 10.6 Å². The van der Waals surface area contributed by atoms with Crippen LogP contribution in [0.25, 0.3) is 0 Å². The molecule has 0 saturated carbocycles. The second kappa shape index (κ2) is 7.94. The van der Waals surface area contributed by atoms with E-state index in [0.29, 0.717) is 11.3 Å². The van der Waals surface area contributed by atoms with E-state index in [1.165, 1.54) is 6.07 Å². The van der Waals surface area contributed by atoms with Gasteiger partial charge in [0.1, 0.15) is 5.82 Å². The van der Waals surface area contributed by atoms with E-state index in [0.717, 1.165) is 10.4 Å². The molecule has 1 unspecified atom stereocenters. The highest BCUT2D eigenvalue weighted by molar-refractivity contribution is 7.10. The number of amides is 1. The van der Waals surface area contributed by atoms with Crippen molar-refractivity contribution in [3.05, 3.63) is 87.9 Å². The third-order valence-electron chi connectivity index (χ3n) is 3.89. The quantitative estimate of drug-likeness (QED) is 0.684. The summed E-state index contributed by atoms with van der Waals surface area (Å²) in [5, 5.41) is 8.00. The molecule has 1 atom stereocenters. The summed E-state index contributed by atoms with van der Waals surface area (Å²) >= 11 is 1.60. The summed E-state index contributed by atoms with van der Waals surface area (Å²) in [7, 11) is 0. The third kappa shape index (κ3) is 4.45. The summed E-state index contributed by atoms with van der Waals surface area (Å²) in [4.78, 5) is 13.5. The van der Waals surface area contributed by atoms with Crippen LogP contribution in [0.15, 0.2) is 66.0 Å². The van der Waals surface area contributed by atoms with Gasteiger partial charge in [0.15, 0.2) is 0 Å². The molecule has 0 aliphatic rings. The van der Waals surface area contributed by atoms with E-state index in [1.54, 1.807) is 30.4 Å². The molecular weight excluding hydrogens is 335 g/mol. The number of anilines is 1. The van der Waals surface area contributed by atoms with Crippen molar-refractivity contribution < 1.29 is 9.18 Å². The maximum Gasteiger partial charge on any atom is 0.240 e. The fourth-order valence-electron chi connectivity index (χ4n) is 2.52. The molecular formula is C20H19FN2OS. The summed E-state index contributed by atoms with van der Waals surface area (Å²) in [5.74, 6) is -0.436. The molecule has 1 heterocycles. The van der Waals surface area contributed by atoms with Gasteiger partial charge in [-0.25, -0.2) is 4.39 Å². The Balaban J connectivity index is 1.67. The molecule has 2 aromatic carbocycles. The molecule has 0 bridgehead atoms. The number of hydrogen-bond acceptors (Lipinski definition) is 3. The maximum absolute atomic E-state index is 13.6. The fourth-order valence-corrected chi connectivity index (χ4v) is 3.32. The standard InChI is InChI=1S/C20H19FN2OS/c1-14-9-10-16(12-17(14)21)22-13-19(24)23-20(18-8-5-11-25-18)15-6-3-2-4-7-15/h2-12,20,22H,13H2,1H3,(H,23,24). The highest BCUT2D eigenvalue weighted by Gasteiger charge is 2.17. The molecule has 0 radical (unpaired) electrons. The van der Waals surface area contributed by atoms with Gasteiger partial charge in [0.05, 0.1) is 12.6 Å². The Bertz CT molecular complexity index is 834. The van der Waals surface area contributed by atoms with Gasteiger partial charge in [-0.1, -0.05) is 42.5 Å². The smallest absolute Gasteiger partial charge is 0.240 e. The normalized spacial score (nSPS) is 11.8. The first-order chi connectivity index (χ1) is 12.1. The van der Waals surface area contributed by atoms with Gasteiger partial charge in [-0.3, -0.25) is 4.79 Å². The van der Waals surface area contributed by atoms with E-state index in [2.05, 4.69) is 10.6 Å². The molecule has 3 nitrogen and oxygen atoms in total. The number of rotatable bonds is 6. The van der Waals surface area contributed by atoms with E-state index in [4.69, 9.17) is 0 Å². The van der Waals surface area contributed by atoms with Crippen molar-refractivity contribution in [3.8, 4) is 0 Å². The van der Waals surface area contributed by atoms with Gasteiger partial charge in [-0.05, 0) is 41.6 Å². The van der Waals surface area contributed by atoms with Crippen LogP contribution in [-0.4, -0.2) is 12.5 Å². The number of nitrogens with one attached hydrogen (secondary N) is 2. The minimum atomic E-state index is -0.286. The number of hydrogen-bond donors (Lipinski definition) is 2. The zero-order chi connectivity index (χ0) is 17.6. The molecule has 3 aromatic rings. The highest BCUT2D eigenvalue weighted by Crippen LogP contribution is 2.25. The summed E-state index contributed by atoms with van der Waals surface area (Å²) < 4.78 is 13.6. The van der Waals surface area contributed by atoms with Crippen molar-refractivity contribution in [1.82, 2.24) is 5.32 Å². The molecule has 128 valence electrons. The SMILES string of the molecule is Cc1ccc(NCC(=O)NC(c2ccccc2)c2cccs2)cc1F. The Kier molecular flexibility index (Phi) is 5.46. The third-order valence-corrected chi connectivity index (χ3v) is 4.83. The summed E-state index contributed by atoms with van der Waals surface area (Å²) in [6.07, 6.45) is 0. The lowest BCUT2D eigenvalue weighted by molar-refractivity contribution is -0.119. The molecule has 3 rings (SSSR count). The minimum absolute atomic E-state index is 0.0806. The average molecular weight is 354 g/mol. The van der Waals surface area contributed by atoms with Gasteiger partial charge >= 0.3 is 0 Å². The topological polar surface area (TPSA) is 41.1 Å². The van der Waals surface area contributed by atoms with Crippen LogP contribution in [0.4, 0.5) is 10.1 Å². The van der Waals surface area contributed by atoms with E-state index in [1.807, 2.05) is 47.8 Å². The van der Waals surface area contributed by atoms with Crippen molar-refractivity contribution in [2.75, 3.05) is 11.9 Å². The van der Waals surface area contributed by atoms with Crippen LogP contribution in [0.5, 0.6) is 0 Å². The van der Waals surface area contributed by atoms with Crippen LogP contribution in [0.2, 0.25) is 0 Å². The number of halogens is 1. The van der Waals surface area contributed by atoms with Crippen LogP contribution >= 0.6 is 11.3 Å². The van der Waals surface area contributed by atoms with Crippen molar-refractivity contribution in [3.63, 3.8) is 0 Å². The Morgan fingerprint density at radius 1 is 1.12 bits per heavy atom. The first-order valence-corrected chi connectivity index (χ1v) is 8.89. The molecule has 0 saturated heterocycles. The molecule has 2 N–H and O–H groups in total. The van der Waals surface area contributed by atoms with Crippen molar-refractivity contribution in [1.29, 1.82) is 0 Å². The number of aryl methyl sites for hydroxylation is 1. The lowest BCUT2D eigenvalue weighted by Gasteiger charge is -2.18. The van der Waals surface area contributed by atoms with Crippen LogP contribution < -0.4 is 10.6 Å². The lowest BCUT2D eigenvalue weighted by atomic mass is 10.1. The highest BCUT2D eigenvalue weighted by atomic mass is 32.1. The van der Waals surface area contributed by atoms with E-state index in [-0.39, 0.29) is 24.3 Å². The van der Waals surface area contributed by atoms with E-state index in [9.17, 15) is 9.18 Å². The molecule has 0 fully saturated rings. The minimum Gasteiger partial charge on any atom is -0.376 e. The largest absolute Gasteiger partial charge is 0.376 e. The summed E-state index contributed by atoms with van der Waals surface area (Å²) in [6, 6.07) is 18.5. The number of carbonyl (C=O) groups is 1. The van der Waals surface area contributed by atoms with Crippen molar-refractivity contribution in [2.24, 2.45) is 0 Å². The monoisotopic (exact) mass is 354 g/mol. The number of thiophene rings is 1. The van der Waals surface area contributed by atoms with E-state index < -0.39 is 0 Å². The van der Waals surface area contributed by atoms with Crippen LogP contribution in [-0.2, 0) is 4.79 Å². The van der Waals surface area contributed by atoms with Crippen molar-refractivity contribution >= 4 is 22.9 Å². The van der Waals surface area contributed by atoms with Gasteiger partial charge in [-0.2, -0.15) is 0 Å². The zero-order valence-electron chi connectivity index (χ0n) is 13.8. The van der Waals surface area contributed by atoms with Crippen LogP contribution in [0.1, 0.15) is 22.0 Å². The van der Waals surface area contributed by atoms with Crippen molar-refractivity contribution in [2.45, 2.75) is 13.0 Å². The predicted octanol–water partition coefficient (Wildman–Crippen LogP) is 4.51. The van der Waals surface area contributed by atoms with Gasteiger partial charge in [0.2, 0.25) is 5.91 Å². The maximum atomic E-state index is 13.6. The zero-order valence-corrected chi connectivity index (χ0v) is 14.6. The first kappa shape index (κ1) is 17.2. The Labute approximate surface area is 150 Å². The molecule has 1 amide bonds. The van der Waals surface area contributed by atoms with Gasteiger partial charge in [0.25, 0.3) is 0 Å². The predicted molar refractivity (Wildman–Crippen MR) is 100 cm³/mol. The fraction of sp³-hybridized carbons (Fsp3) is 0.150. The molecule has 25 heavy (non-hydrogen) atoms. The summed E-state index contributed by atoms with van der Waals surface area (Å²) in [6.45, 7) is 1.79. The second-order valence-corrected chi connectivity index (χ2v) is 6.72. The molecule has 1 aromatic heterocycles. The number of benzene rings is 2. The average Bonchev–Trinajstić information content (AvgIpc) is 3.16. The van der Waals surface area contributed by atoms with Crippen LogP contribution in [0.3, 0.4) is 0 Å². The first-order valence-electron chi connectivity index (χ1n) is 8.01. The van der Waals surface area contributed by atoms with Gasteiger partial charge in [-0.15, -0.1) is 11.3 Å². The lowest BCUT2D eigenvalue weighted by Crippen LogP contribution is -2.33. The van der Waals surface area contributed by atoms with Gasteiger partial charge < -0.3 is 10.6 Å². The Hall–Kier alpha value is -2.66.